The van der Waals surface area contributed by atoms with E-state index in [1.807, 2.05) is 0 Å². The number of ether oxygens (including phenoxy) is 1. The molecule has 0 aliphatic heterocycles. The fourth-order valence-corrected chi connectivity index (χ4v) is 3.11. The van der Waals surface area contributed by atoms with Crippen LogP contribution in [0.4, 0.5) is 4.39 Å². The summed E-state index contributed by atoms with van der Waals surface area (Å²) in [5.41, 5.74) is -0.318. The lowest BCUT2D eigenvalue weighted by Crippen LogP contribution is -2.40. The lowest BCUT2D eigenvalue weighted by molar-refractivity contribution is 0.0438. The SMILES string of the molecule is Cl.O=C(NCC1(COc2cnccn2)C[C@@H](O)[C@@H](O)C1)c1ccc(F)cc1. The van der Waals surface area contributed by atoms with Gasteiger partial charge in [-0.1, -0.05) is 0 Å². The molecule has 146 valence electrons. The molecular formula is C18H21ClFN3O4. The van der Waals surface area contributed by atoms with E-state index in [1.165, 1.54) is 42.9 Å². The summed E-state index contributed by atoms with van der Waals surface area (Å²) in [7, 11) is 0. The number of benzene rings is 1. The molecule has 0 spiro atoms. The monoisotopic (exact) mass is 397 g/mol. The Morgan fingerprint density at radius 1 is 1.22 bits per heavy atom. The van der Waals surface area contributed by atoms with Crippen LogP contribution in [0.1, 0.15) is 23.2 Å². The normalized spacial score (nSPS) is 24.1. The molecule has 1 heterocycles. The number of halogens is 2. The smallest absolute Gasteiger partial charge is 0.251 e. The third-order valence-electron chi connectivity index (χ3n) is 4.52. The van der Waals surface area contributed by atoms with Gasteiger partial charge in [-0.15, -0.1) is 12.4 Å². The molecule has 9 heteroatoms. The van der Waals surface area contributed by atoms with Crippen LogP contribution in [0.3, 0.4) is 0 Å². The van der Waals surface area contributed by atoms with Crippen LogP contribution >= 0.6 is 12.4 Å². The van der Waals surface area contributed by atoms with E-state index in [0.29, 0.717) is 11.4 Å². The summed E-state index contributed by atoms with van der Waals surface area (Å²) >= 11 is 0. The summed E-state index contributed by atoms with van der Waals surface area (Å²) < 4.78 is 18.6. The Labute approximate surface area is 162 Å². The highest BCUT2D eigenvalue weighted by atomic mass is 35.5. The van der Waals surface area contributed by atoms with E-state index in [4.69, 9.17) is 4.74 Å². The minimum absolute atomic E-state index is 0. The first-order valence-electron chi connectivity index (χ1n) is 8.26. The Morgan fingerprint density at radius 3 is 2.48 bits per heavy atom. The maximum Gasteiger partial charge on any atom is 0.251 e. The lowest BCUT2D eigenvalue weighted by atomic mass is 9.86. The maximum atomic E-state index is 13.0. The van der Waals surface area contributed by atoms with Gasteiger partial charge in [-0.2, -0.15) is 0 Å². The van der Waals surface area contributed by atoms with Crippen molar-refractivity contribution < 1.29 is 24.1 Å². The van der Waals surface area contributed by atoms with E-state index < -0.39 is 23.4 Å². The zero-order chi connectivity index (χ0) is 18.6. The number of carbonyl (C=O) groups excluding carboxylic acids is 1. The van der Waals surface area contributed by atoms with Crippen molar-refractivity contribution >= 4 is 18.3 Å². The molecule has 1 amide bonds. The Hall–Kier alpha value is -2.29. The van der Waals surface area contributed by atoms with E-state index >= 15 is 0 Å². The molecule has 3 N–H and O–H groups in total. The number of hydrogen-bond acceptors (Lipinski definition) is 6. The highest BCUT2D eigenvalue weighted by Crippen LogP contribution is 2.38. The van der Waals surface area contributed by atoms with Crippen molar-refractivity contribution in [1.29, 1.82) is 0 Å². The molecule has 1 aliphatic rings. The first-order valence-corrected chi connectivity index (χ1v) is 8.26. The van der Waals surface area contributed by atoms with E-state index in [-0.39, 0.29) is 44.3 Å². The van der Waals surface area contributed by atoms with Crippen molar-refractivity contribution in [2.24, 2.45) is 5.41 Å². The maximum absolute atomic E-state index is 13.0. The number of aliphatic hydroxyl groups is 2. The van der Waals surface area contributed by atoms with E-state index in [2.05, 4.69) is 15.3 Å². The van der Waals surface area contributed by atoms with Gasteiger partial charge in [0.2, 0.25) is 5.88 Å². The molecule has 2 aromatic rings. The standard InChI is InChI=1S/C18H20FN3O4.ClH/c19-13-3-1-12(2-4-13)17(25)22-10-18(7-14(23)15(24)8-18)11-26-16-9-20-5-6-21-16;/h1-6,9,14-15,23-24H,7-8,10-11H2,(H,22,25);1H/t14-,15+,18?;. The highest BCUT2D eigenvalue weighted by Gasteiger charge is 2.45. The van der Waals surface area contributed by atoms with E-state index in [0.717, 1.165) is 0 Å². The van der Waals surface area contributed by atoms with E-state index in [9.17, 15) is 19.4 Å². The van der Waals surface area contributed by atoms with Crippen LogP contribution in [0.5, 0.6) is 5.88 Å². The summed E-state index contributed by atoms with van der Waals surface area (Å²) in [6.45, 7) is 0.348. The largest absolute Gasteiger partial charge is 0.476 e. The molecule has 0 bridgehead atoms. The second-order valence-electron chi connectivity index (χ2n) is 6.56. The number of aliphatic hydroxyl groups excluding tert-OH is 2. The van der Waals surface area contributed by atoms with E-state index in [1.54, 1.807) is 0 Å². The van der Waals surface area contributed by atoms with Crippen molar-refractivity contribution in [1.82, 2.24) is 15.3 Å². The molecular weight excluding hydrogens is 377 g/mol. The predicted molar refractivity (Wildman–Crippen MR) is 97.2 cm³/mol. The van der Waals surface area contributed by atoms with Crippen molar-refractivity contribution in [3.8, 4) is 5.88 Å². The van der Waals surface area contributed by atoms with Crippen LogP contribution < -0.4 is 10.1 Å². The molecule has 3 atom stereocenters. The zero-order valence-corrected chi connectivity index (χ0v) is 15.2. The first-order chi connectivity index (χ1) is 12.5. The Bertz CT molecular complexity index is 738. The Kier molecular flexibility index (Phi) is 7.06. The van der Waals surface area contributed by atoms with Gasteiger partial charge in [0.1, 0.15) is 5.82 Å². The van der Waals surface area contributed by atoms with Crippen molar-refractivity contribution in [2.45, 2.75) is 25.0 Å². The van der Waals surface area contributed by atoms with Crippen molar-refractivity contribution in [3.63, 3.8) is 0 Å². The Morgan fingerprint density at radius 2 is 1.89 bits per heavy atom. The summed E-state index contributed by atoms with van der Waals surface area (Å²) in [6, 6.07) is 5.22. The minimum Gasteiger partial charge on any atom is -0.476 e. The van der Waals surface area contributed by atoms with Gasteiger partial charge in [-0.05, 0) is 37.1 Å². The lowest BCUT2D eigenvalue weighted by Gasteiger charge is -2.29. The highest BCUT2D eigenvalue weighted by molar-refractivity contribution is 5.94. The summed E-state index contributed by atoms with van der Waals surface area (Å²) in [4.78, 5) is 20.2. The number of hydrogen-bond donors (Lipinski definition) is 3. The van der Waals surface area contributed by atoms with Crippen LogP contribution in [0.2, 0.25) is 0 Å². The second-order valence-corrected chi connectivity index (χ2v) is 6.56. The van der Waals surface area contributed by atoms with Crippen LogP contribution in [0, 0.1) is 11.2 Å². The predicted octanol–water partition coefficient (Wildman–Crippen LogP) is 1.35. The molecule has 1 unspecified atom stereocenters. The first kappa shape index (κ1) is 21.0. The van der Waals surface area contributed by atoms with Gasteiger partial charge in [0, 0.05) is 29.9 Å². The molecule has 1 aromatic carbocycles. The third-order valence-corrected chi connectivity index (χ3v) is 4.52. The fourth-order valence-electron chi connectivity index (χ4n) is 3.11. The van der Waals surface area contributed by atoms with Gasteiger partial charge in [0.25, 0.3) is 5.91 Å². The van der Waals surface area contributed by atoms with Crippen LogP contribution in [-0.2, 0) is 0 Å². The molecule has 0 radical (unpaired) electrons. The van der Waals surface area contributed by atoms with Gasteiger partial charge >= 0.3 is 0 Å². The third kappa shape index (κ3) is 5.35. The number of amides is 1. The topological polar surface area (TPSA) is 105 Å². The van der Waals surface area contributed by atoms with Crippen LogP contribution in [-0.4, -0.2) is 51.4 Å². The number of nitrogens with zero attached hydrogens (tertiary/aromatic N) is 2. The quantitative estimate of drug-likeness (QED) is 0.679. The van der Waals surface area contributed by atoms with Gasteiger partial charge in [-0.25, -0.2) is 9.37 Å². The number of nitrogens with one attached hydrogen (secondary N) is 1. The van der Waals surface area contributed by atoms with Gasteiger partial charge in [0.05, 0.1) is 25.0 Å². The molecule has 1 aliphatic carbocycles. The molecule has 1 saturated carbocycles. The number of aromatic nitrogens is 2. The molecule has 0 saturated heterocycles. The summed E-state index contributed by atoms with van der Waals surface area (Å²) in [5.74, 6) is -0.454. The molecule has 27 heavy (non-hydrogen) atoms. The zero-order valence-electron chi connectivity index (χ0n) is 14.4. The minimum atomic E-state index is -0.886. The summed E-state index contributed by atoms with van der Waals surface area (Å²) in [5, 5.41) is 22.7. The molecule has 1 aromatic heterocycles. The molecule has 3 rings (SSSR count). The second kappa shape index (κ2) is 9.07. The van der Waals surface area contributed by atoms with Gasteiger partial charge in [0.15, 0.2) is 0 Å². The molecule has 1 fully saturated rings. The number of carbonyl (C=O) groups is 1. The summed E-state index contributed by atoms with van der Waals surface area (Å²) in [6.07, 6.45) is 3.26. The average Bonchev–Trinajstić information content (AvgIpc) is 2.94. The van der Waals surface area contributed by atoms with Crippen molar-refractivity contribution in [2.75, 3.05) is 13.2 Å². The Balaban J connectivity index is 0.00000261. The van der Waals surface area contributed by atoms with Crippen LogP contribution in [0.25, 0.3) is 0 Å². The fraction of sp³-hybridized carbons (Fsp3) is 0.389. The van der Waals surface area contributed by atoms with Crippen LogP contribution in [0.15, 0.2) is 42.9 Å². The molecule has 7 nitrogen and oxygen atoms in total. The average molecular weight is 398 g/mol. The van der Waals surface area contributed by atoms with Gasteiger partial charge in [-0.3, -0.25) is 9.78 Å². The number of rotatable bonds is 6. The van der Waals surface area contributed by atoms with Gasteiger partial charge < -0.3 is 20.3 Å². The van der Waals surface area contributed by atoms with Crippen molar-refractivity contribution in [3.05, 3.63) is 54.2 Å².